The second kappa shape index (κ2) is 11.3. The van der Waals surface area contributed by atoms with Gasteiger partial charge in [-0.15, -0.1) is 6.58 Å². The van der Waals surface area contributed by atoms with Gasteiger partial charge in [0.15, 0.2) is 5.76 Å². The van der Waals surface area contributed by atoms with Crippen LogP contribution in [0.5, 0.6) is 5.75 Å². The monoisotopic (exact) mass is 692 g/mol. The summed E-state index contributed by atoms with van der Waals surface area (Å²) in [6.07, 6.45) is 4.03. The molecule has 0 saturated carbocycles. The highest BCUT2D eigenvalue weighted by Gasteiger charge is 2.13. The Morgan fingerprint density at radius 3 is 2.68 bits per heavy atom. The van der Waals surface area contributed by atoms with Gasteiger partial charge in [-0.2, -0.15) is 5.10 Å². The van der Waals surface area contributed by atoms with Crippen molar-refractivity contribution < 1.29 is 13.9 Å². The van der Waals surface area contributed by atoms with Crippen LogP contribution in [0, 0.1) is 3.57 Å². The Kier molecular flexibility index (Phi) is 8.23. The van der Waals surface area contributed by atoms with Gasteiger partial charge in [-0.3, -0.25) is 4.79 Å². The van der Waals surface area contributed by atoms with Gasteiger partial charge >= 0.3 is 5.91 Å². The fourth-order valence-corrected chi connectivity index (χ4v) is 4.67. The van der Waals surface area contributed by atoms with Crippen LogP contribution in [0.25, 0.3) is 11.0 Å². The standard InChI is InChI=1S/C26H19Br2IN2O3/c1-2-3-18-10-17(11-22(28)25(18)33-15-16-4-7-21(29)8-5-16)14-30-31-26(32)24-13-19-12-20(27)6-9-23(19)34-24/h2,4-14H,1,3,15H2,(H,31,32)/b30-14+. The minimum absolute atomic E-state index is 0.193. The number of carbonyl (C=O) groups is 1. The number of hydrogen-bond donors (Lipinski definition) is 1. The molecule has 0 unspecified atom stereocenters. The maximum Gasteiger partial charge on any atom is 0.307 e. The number of nitrogens with zero attached hydrogens (tertiary/aromatic N) is 1. The molecule has 8 heteroatoms. The maximum atomic E-state index is 12.4. The van der Waals surface area contributed by atoms with Gasteiger partial charge in [0, 0.05) is 13.4 Å². The number of halogens is 3. The van der Waals surface area contributed by atoms with Crippen LogP contribution in [0.4, 0.5) is 0 Å². The number of allylic oxidation sites excluding steroid dienone is 1. The Bertz CT molecular complexity index is 1380. The predicted molar refractivity (Wildman–Crippen MR) is 151 cm³/mol. The summed E-state index contributed by atoms with van der Waals surface area (Å²) >= 11 is 9.30. The van der Waals surface area contributed by atoms with E-state index in [0.717, 1.165) is 36.8 Å². The molecule has 0 bridgehead atoms. The molecule has 0 saturated heterocycles. The molecular weight excluding hydrogens is 675 g/mol. The number of fused-ring (bicyclic) bond motifs is 1. The summed E-state index contributed by atoms with van der Waals surface area (Å²) in [6, 6.07) is 19.3. The molecule has 4 aromatic rings. The summed E-state index contributed by atoms with van der Waals surface area (Å²) in [5.74, 6) is 0.526. The zero-order chi connectivity index (χ0) is 24.1. The summed E-state index contributed by atoms with van der Waals surface area (Å²) in [6.45, 7) is 4.31. The maximum absolute atomic E-state index is 12.4. The fraction of sp³-hybridized carbons (Fsp3) is 0.0769. The highest BCUT2D eigenvalue weighted by molar-refractivity contribution is 14.1. The highest BCUT2D eigenvalue weighted by Crippen LogP contribution is 2.32. The molecule has 0 aliphatic carbocycles. The molecular formula is C26H19Br2IN2O3. The van der Waals surface area contributed by atoms with Crippen LogP contribution < -0.4 is 10.2 Å². The van der Waals surface area contributed by atoms with E-state index in [-0.39, 0.29) is 5.76 Å². The lowest BCUT2D eigenvalue weighted by Gasteiger charge is -2.14. The number of benzene rings is 3. The molecule has 1 N–H and O–H groups in total. The van der Waals surface area contributed by atoms with Crippen LogP contribution in [-0.4, -0.2) is 12.1 Å². The SMILES string of the molecule is C=CCc1cc(/C=N/NC(=O)c2cc3cc(Br)ccc3o2)cc(Br)c1OCc1ccc(I)cc1. The van der Waals surface area contributed by atoms with Crippen molar-refractivity contribution >= 4 is 77.5 Å². The largest absolute Gasteiger partial charge is 0.487 e. The molecule has 1 aromatic heterocycles. The van der Waals surface area contributed by atoms with Crippen molar-refractivity contribution in [1.29, 1.82) is 0 Å². The Morgan fingerprint density at radius 1 is 1.12 bits per heavy atom. The first-order valence-electron chi connectivity index (χ1n) is 10.3. The molecule has 0 spiro atoms. The van der Waals surface area contributed by atoms with Crippen LogP contribution >= 0.6 is 54.5 Å². The topological polar surface area (TPSA) is 63.8 Å². The number of carbonyl (C=O) groups excluding carboxylic acids is 1. The van der Waals surface area contributed by atoms with Gasteiger partial charge in [-0.1, -0.05) is 34.1 Å². The third-order valence-corrected chi connectivity index (χ3v) is 6.69. The van der Waals surface area contributed by atoms with Gasteiger partial charge in [-0.05, 0) is 110 Å². The van der Waals surface area contributed by atoms with Crippen LogP contribution in [0.2, 0.25) is 0 Å². The van der Waals surface area contributed by atoms with E-state index in [1.807, 2.05) is 42.5 Å². The van der Waals surface area contributed by atoms with Crippen molar-refractivity contribution in [2.24, 2.45) is 5.10 Å². The predicted octanol–water partition coefficient (Wildman–Crippen LogP) is 7.63. The van der Waals surface area contributed by atoms with Gasteiger partial charge in [0.1, 0.15) is 17.9 Å². The van der Waals surface area contributed by atoms with E-state index >= 15 is 0 Å². The average molecular weight is 694 g/mol. The molecule has 172 valence electrons. The van der Waals surface area contributed by atoms with Crippen molar-refractivity contribution in [2.75, 3.05) is 0 Å². The first kappa shape index (κ1) is 24.7. The molecule has 34 heavy (non-hydrogen) atoms. The highest BCUT2D eigenvalue weighted by atomic mass is 127. The number of furan rings is 1. The minimum atomic E-state index is -0.425. The van der Waals surface area contributed by atoms with Crippen LogP contribution in [-0.2, 0) is 13.0 Å². The molecule has 0 atom stereocenters. The van der Waals surface area contributed by atoms with Crippen molar-refractivity contribution in [1.82, 2.24) is 5.43 Å². The number of hydrazone groups is 1. The molecule has 0 aliphatic rings. The lowest BCUT2D eigenvalue weighted by Crippen LogP contribution is -2.16. The fourth-order valence-electron chi connectivity index (χ4n) is 3.30. The van der Waals surface area contributed by atoms with Crippen molar-refractivity contribution in [3.8, 4) is 5.75 Å². The normalized spacial score (nSPS) is 11.1. The molecule has 4 rings (SSSR count). The first-order chi connectivity index (χ1) is 16.4. The molecule has 0 fully saturated rings. The Balaban J connectivity index is 1.46. The van der Waals surface area contributed by atoms with E-state index in [2.05, 4.69) is 83.7 Å². The van der Waals surface area contributed by atoms with Gasteiger partial charge < -0.3 is 9.15 Å². The summed E-state index contributed by atoms with van der Waals surface area (Å²) in [5, 5.41) is 4.93. The third-order valence-electron chi connectivity index (χ3n) is 4.89. The number of amides is 1. The van der Waals surface area contributed by atoms with Gasteiger partial charge in [0.25, 0.3) is 0 Å². The van der Waals surface area contributed by atoms with Crippen molar-refractivity contribution in [3.05, 3.63) is 108 Å². The zero-order valence-corrected chi connectivity index (χ0v) is 23.2. The van der Waals surface area contributed by atoms with E-state index < -0.39 is 5.91 Å². The van der Waals surface area contributed by atoms with Crippen LogP contribution in [0.1, 0.15) is 27.2 Å². The average Bonchev–Trinajstić information content (AvgIpc) is 3.23. The lowest BCUT2D eigenvalue weighted by atomic mass is 10.1. The molecule has 1 heterocycles. The Morgan fingerprint density at radius 2 is 1.91 bits per heavy atom. The number of ether oxygens (including phenoxy) is 1. The third kappa shape index (κ3) is 6.17. The Labute approximate surface area is 227 Å². The van der Waals surface area contributed by atoms with E-state index in [9.17, 15) is 4.79 Å². The quantitative estimate of drug-likeness (QED) is 0.0894. The summed E-state index contributed by atoms with van der Waals surface area (Å²) in [7, 11) is 0. The minimum Gasteiger partial charge on any atom is -0.487 e. The van der Waals surface area contributed by atoms with E-state index in [1.54, 1.807) is 18.3 Å². The molecule has 5 nitrogen and oxygen atoms in total. The van der Waals surface area contributed by atoms with Gasteiger partial charge in [0.05, 0.1) is 10.7 Å². The molecule has 0 aliphatic heterocycles. The number of rotatable bonds is 8. The van der Waals surface area contributed by atoms with Crippen molar-refractivity contribution in [2.45, 2.75) is 13.0 Å². The summed E-state index contributed by atoms with van der Waals surface area (Å²) in [4.78, 5) is 12.4. The molecule has 3 aromatic carbocycles. The lowest BCUT2D eigenvalue weighted by molar-refractivity contribution is 0.0929. The smallest absolute Gasteiger partial charge is 0.307 e. The van der Waals surface area contributed by atoms with Crippen LogP contribution in [0.15, 0.2) is 91.8 Å². The molecule has 1 amide bonds. The Hall–Kier alpha value is -2.43. The number of nitrogens with one attached hydrogen (secondary N) is 1. The van der Waals surface area contributed by atoms with Crippen molar-refractivity contribution in [3.63, 3.8) is 0 Å². The van der Waals surface area contributed by atoms with Gasteiger partial charge in [0.2, 0.25) is 0 Å². The summed E-state index contributed by atoms with van der Waals surface area (Å²) in [5.41, 5.74) is 6.01. The first-order valence-corrected chi connectivity index (χ1v) is 12.9. The summed E-state index contributed by atoms with van der Waals surface area (Å²) < 4.78 is 14.6. The number of hydrogen-bond acceptors (Lipinski definition) is 4. The van der Waals surface area contributed by atoms with E-state index in [4.69, 9.17) is 9.15 Å². The molecule has 0 radical (unpaired) electrons. The zero-order valence-electron chi connectivity index (χ0n) is 17.9. The van der Waals surface area contributed by atoms with Gasteiger partial charge in [-0.25, -0.2) is 5.43 Å². The van der Waals surface area contributed by atoms with Crippen LogP contribution in [0.3, 0.4) is 0 Å². The second-order valence-electron chi connectivity index (χ2n) is 7.39. The van der Waals surface area contributed by atoms with E-state index in [1.165, 1.54) is 3.57 Å². The van der Waals surface area contributed by atoms with E-state index in [0.29, 0.717) is 18.6 Å². The second-order valence-corrected chi connectivity index (χ2v) is 10.4.